The summed E-state index contributed by atoms with van der Waals surface area (Å²) in [5, 5.41) is 9.80. The van der Waals surface area contributed by atoms with Crippen LogP contribution < -0.4 is 9.47 Å². The van der Waals surface area contributed by atoms with E-state index < -0.39 is 0 Å². The Hall–Kier alpha value is -2.49. The van der Waals surface area contributed by atoms with Crippen LogP contribution in [0.5, 0.6) is 17.2 Å². The fourth-order valence-corrected chi connectivity index (χ4v) is 1.65. The first kappa shape index (κ1) is 13.0. The van der Waals surface area contributed by atoms with Crippen molar-refractivity contribution in [3.8, 4) is 17.2 Å². The fourth-order valence-electron chi connectivity index (χ4n) is 1.65. The molecule has 0 fully saturated rings. The second kappa shape index (κ2) is 5.91. The van der Waals surface area contributed by atoms with Gasteiger partial charge in [0.05, 0.1) is 19.9 Å². The van der Waals surface area contributed by atoms with E-state index in [0.717, 1.165) is 11.3 Å². The van der Waals surface area contributed by atoms with E-state index in [1.165, 1.54) is 14.2 Å². The van der Waals surface area contributed by atoms with Gasteiger partial charge in [-0.15, -0.1) is 0 Å². The molecule has 0 bridgehead atoms. The zero-order chi connectivity index (χ0) is 13.7. The Morgan fingerprint density at radius 2 is 1.58 bits per heavy atom. The van der Waals surface area contributed by atoms with Gasteiger partial charge in [0.1, 0.15) is 0 Å². The highest BCUT2D eigenvalue weighted by Gasteiger charge is 2.09. The van der Waals surface area contributed by atoms with E-state index >= 15 is 0 Å². The molecule has 0 amide bonds. The average molecular weight is 257 g/mol. The predicted octanol–water partition coefficient (Wildman–Crippen LogP) is 3.16. The van der Waals surface area contributed by atoms with Crippen molar-refractivity contribution in [2.24, 2.45) is 4.99 Å². The number of para-hydroxylation sites is 1. The van der Waals surface area contributed by atoms with Crippen molar-refractivity contribution in [3.63, 3.8) is 0 Å². The van der Waals surface area contributed by atoms with Crippen LogP contribution in [-0.4, -0.2) is 25.5 Å². The lowest BCUT2D eigenvalue weighted by Gasteiger charge is -2.09. The van der Waals surface area contributed by atoms with Crippen LogP contribution in [-0.2, 0) is 0 Å². The molecule has 2 aromatic carbocycles. The van der Waals surface area contributed by atoms with Gasteiger partial charge in [0.15, 0.2) is 11.5 Å². The zero-order valence-corrected chi connectivity index (χ0v) is 10.8. The topological polar surface area (TPSA) is 51.0 Å². The second-order valence-corrected chi connectivity index (χ2v) is 3.87. The first-order valence-corrected chi connectivity index (χ1v) is 5.78. The zero-order valence-electron chi connectivity index (χ0n) is 10.8. The second-order valence-electron chi connectivity index (χ2n) is 3.87. The van der Waals surface area contributed by atoms with Gasteiger partial charge in [-0.05, 0) is 24.3 Å². The van der Waals surface area contributed by atoms with Crippen LogP contribution >= 0.6 is 0 Å². The Kier molecular flexibility index (Phi) is 4.03. The minimum Gasteiger partial charge on any atom is -0.502 e. The Labute approximate surface area is 111 Å². The van der Waals surface area contributed by atoms with Crippen molar-refractivity contribution in [1.29, 1.82) is 0 Å². The summed E-state index contributed by atoms with van der Waals surface area (Å²) in [4.78, 5) is 4.34. The Morgan fingerprint density at radius 1 is 1.00 bits per heavy atom. The summed E-state index contributed by atoms with van der Waals surface area (Å²) in [5.41, 5.74) is 1.64. The van der Waals surface area contributed by atoms with Gasteiger partial charge in [-0.2, -0.15) is 0 Å². The van der Waals surface area contributed by atoms with Crippen molar-refractivity contribution in [1.82, 2.24) is 0 Å². The van der Waals surface area contributed by atoms with Crippen LogP contribution in [0.15, 0.2) is 47.5 Å². The van der Waals surface area contributed by atoms with Crippen molar-refractivity contribution >= 4 is 11.9 Å². The number of aliphatic imine (C=N–C) groups is 1. The summed E-state index contributed by atoms with van der Waals surface area (Å²) in [6, 6.07) is 13.0. The number of nitrogens with zero attached hydrogens (tertiary/aromatic N) is 1. The number of benzene rings is 2. The number of rotatable bonds is 4. The first-order valence-electron chi connectivity index (χ1n) is 5.78. The quantitative estimate of drug-likeness (QED) is 0.856. The lowest BCUT2D eigenvalue weighted by molar-refractivity contribution is 0.340. The third kappa shape index (κ3) is 3.04. The molecular formula is C15H15NO3. The van der Waals surface area contributed by atoms with Crippen LogP contribution in [0.1, 0.15) is 5.56 Å². The van der Waals surface area contributed by atoms with Gasteiger partial charge in [-0.25, -0.2) is 0 Å². The highest BCUT2D eigenvalue weighted by atomic mass is 16.5. The normalized spacial score (nSPS) is 10.6. The lowest BCUT2D eigenvalue weighted by Crippen LogP contribution is -1.92. The molecule has 0 atom stereocenters. The van der Waals surface area contributed by atoms with Crippen LogP contribution in [0.25, 0.3) is 0 Å². The predicted molar refractivity (Wildman–Crippen MR) is 74.9 cm³/mol. The summed E-state index contributed by atoms with van der Waals surface area (Å²) in [7, 11) is 2.99. The van der Waals surface area contributed by atoms with E-state index in [0.29, 0.717) is 11.5 Å². The molecule has 0 aliphatic rings. The standard InChI is InChI=1S/C15H15NO3/c1-18-13-8-11(9-14(19-2)15(13)17)10-16-12-6-4-3-5-7-12/h3-10,17H,1-2H3/b16-10+. The van der Waals surface area contributed by atoms with E-state index in [2.05, 4.69) is 4.99 Å². The Morgan fingerprint density at radius 3 is 2.11 bits per heavy atom. The van der Waals surface area contributed by atoms with Gasteiger partial charge in [-0.3, -0.25) is 4.99 Å². The number of hydrogen-bond acceptors (Lipinski definition) is 4. The van der Waals surface area contributed by atoms with Crippen molar-refractivity contribution in [2.45, 2.75) is 0 Å². The number of ether oxygens (including phenoxy) is 2. The largest absolute Gasteiger partial charge is 0.502 e. The SMILES string of the molecule is COc1cc(/C=N/c2ccccc2)cc(OC)c1O. The van der Waals surface area contributed by atoms with Crippen LogP contribution in [0.2, 0.25) is 0 Å². The minimum absolute atomic E-state index is 0.0122. The van der Waals surface area contributed by atoms with E-state index in [4.69, 9.17) is 9.47 Å². The molecule has 2 aromatic rings. The van der Waals surface area contributed by atoms with E-state index in [9.17, 15) is 5.11 Å². The molecule has 0 heterocycles. The Bertz CT molecular complexity index is 554. The average Bonchev–Trinajstić information content (AvgIpc) is 2.47. The molecule has 1 N–H and O–H groups in total. The maximum atomic E-state index is 9.80. The van der Waals surface area contributed by atoms with Crippen LogP contribution in [0.3, 0.4) is 0 Å². The van der Waals surface area contributed by atoms with Crippen molar-refractivity contribution in [3.05, 3.63) is 48.0 Å². The fraction of sp³-hybridized carbons (Fsp3) is 0.133. The summed E-state index contributed by atoms with van der Waals surface area (Å²) >= 11 is 0. The van der Waals surface area contributed by atoms with E-state index in [1.807, 2.05) is 30.3 Å². The molecule has 0 unspecified atom stereocenters. The molecule has 0 aliphatic carbocycles. The highest BCUT2D eigenvalue weighted by molar-refractivity contribution is 5.84. The van der Waals surface area contributed by atoms with Gasteiger partial charge in [0, 0.05) is 11.8 Å². The smallest absolute Gasteiger partial charge is 0.200 e. The van der Waals surface area contributed by atoms with Crippen molar-refractivity contribution < 1.29 is 14.6 Å². The van der Waals surface area contributed by atoms with Gasteiger partial charge in [0.25, 0.3) is 0 Å². The first-order chi connectivity index (χ1) is 9.24. The molecular weight excluding hydrogens is 242 g/mol. The highest BCUT2D eigenvalue weighted by Crippen LogP contribution is 2.36. The molecule has 2 rings (SSSR count). The van der Waals surface area contributed by atoms with Gasteiger partial charge in [0.2, 0.25) is 5.75 Å². The maximum absolute atomic E-state index is 9.80. The molecule has 4 heteroatoms. The molecule has 0 saturated carbocycles. The lowest BCUT2D eigenvalue weighted by atomic mass is 10.2. The molecule has 0 saturated heterocycles. The molecule has 98 valence electrons. The summed E-state index contributed by atoms with van der Waals surface area (Å²) in [6.45, 7) is 0. The molecule has 4 nitrogen and oxygen atoms in total. The number of phenolic OH excluding ortho intramolecular Hbond substituents is 1. The Balaban J connectivity index is 2.33. The summed E-state index contributed by atoms with van der Waals surface area (Å²) in [5.74, 6) is 0.699. The van der Waals surface area contributed by atoms with E-state index in [-0.39, 0.29) is 5.75 Å². The van der Waals surface area contributed by atoms with Gasteiger partial charge < -0.3 is 14.6 Å². The minimum atomic E-state index is -0.0122. The van der Waals surface area contributed by atoms with Crippen molar-refractivity contribution in [2.75, 3.05) is 14.2 Å². The monoisotopic (exact) mass is 257 g/mol. The molecule has 19 heavy (non-hydrogen) atoms. The molecule has 0 aliphatic heterocycles. The number of phenols is 1. The number of methoxy groups -OCH3 is 2. The maximum Gasteiger partial charge on any atom is 0.200 e. The summed E-state index contributed by atoms with van der Waals surface area (Å²) < 4.78 is 10.2. The molecule has 0 spiro atoms. The van der Waals surface area contributed by atoms with Gasteiger partial charge >= 0.3 is 0 Å². The summed E-state index contributed by atoms with van der Waals surface area (Å²) in [6.07, 6.45) is 1.69. The number of hydrogen-bond donors (Lipinski definition) is 1. The van der Waals surface area contributed by atoms with Crippen LogP contribution in [0.4, 0.5) is 5.69 Å². The number of aromatic hydroxyl groups is 1. The molecule has 0 aromatic heterocycles. The third-order valence-electron chi connectivity index (χ3n) is 2.62. The van der Waals surface area contributed by atoms with Gasteiger partial charge in [-0.1, -0.05) is 18.2 Å². The molecule has 0 radical (unpaired) electrons. The third-order valence-corrected chi connectivity index (χ3v) is 2.62. The van der Waals surface area contributed by atoms with Crippen LogP contribution in [0, 0.1) is 0 Å². The van der Waals surface area contributed by atoms with E-state index in [1.54, 1.807) is 18.3 Å².